The zero-order chi connectivity index (χ0) is 16.2. The lowest BCUT2D eigenvalue weighted by Gasteiger charge is -2.18. The number of pyridine rings is 1. The van der Waals surface area contributed by atoms with E-state index in [0.29, 0.717) is 12.8 Å². The summed E-state index contributed by atoms with van der Waals surface area (Å²) in [6, 6.07) is 1.41. The Morgan fingerprint density at radius 3 is 2.68 bits per heavy atom. The van der Waals surface area contributed by atoms with Crippen molar-refractivity contribution in [2.75, 3.05) is 5.32 Å². The standard InChI is InChI=1S/C15H18F3N3S/c16-15(17,18)12-11(7-6-10-4-2-1-3-5-10)8-9-20-13(12)21-14(19)22/h4,8-9H,1-3,5-7H2,(H3,19,20,21,22). The highest BCUT2D eigenvalue weighted by Gasteiger charge is 2.37. The van der Waals surface area contributed by atoms with E-state index >= 15 is 0 Å². The number of hydrogen-bond acceptors (Lipinski definition) is 2. The third kappa shape index (κ3) is 4.43. The minimum Gasteiger partial charge on any atom is -0.376 e. The van der Waals surface area contributed by atoms with Gasteiger partial charge in [-0.2, -0.15) is 13.2 Å². The molecule has 3 N–H and O–H groups in total. The molecule has 120 valence electrons. The number of hydrogen-bond donors (Lipinski definition) is 2. The Morgan fingerprint density at radius 1 is 1.32 bits per heavy atom. The zero-order valence-electron chi connectivity index (χ0n) is 12.0. The third-order valence-electron chi connectivity index (χ3n) is 3.66. The smallest absolute Gasteiger partial charge is 0.376 e. The minimum absolute atomic E-state index is 0.215. The molecule has 0 aromatic carbocycles. The molecule has 0 fully saturated rings. The number of allylic oxidation sites excluding steroid dienone is 2. The fourth-order valence-electron chi connectivity index (χ4n) is 2.66. The third-order valence-corrected chi connectivity index (χ3v) is 3.76. The molecule has 0 radical (unpaired) electrons. The number of nitrogens with zero attached hydrogens (tertiary/aromatic N) is 1. The highest BCUT2D eigenvalue weighted by molar-refractivity contribution is 7.80. The van der Waals surface area contributed by atoms with Crippen LogP contribution in [0.15, 0.2) is 23.9 Å². The molecule has 1 aliphatic rings. The summed E-state index contributed by atoms with van der Waals surface area (Å²) in [5, 5.41) is 2.09. The quantitative estimate of drug-likeness (QED) is 0.642. The molecule has 0 spiro atoms. The van der Waals surface area contributed by atoms with E-state index in [9.17, 15) is 13.2 Å². The van der Waals surface area contributed by atoms with Crippen molar-refractivity contribution < 1.29 is 13.2 Å². The van der Waals surface area contributed by atoms with Gasteiger partial charge in [-0.15, -0.1) is 0 Å². The van der Waals surface area contributed by atoms with Crippen LogP contribution in [0.5, 0.6) is 0 Å². The van der Waals surface area contributed by atoms with E-state index in [4.69, 9.17) is 5.73 Å². The molecule has 7 heteroatoms. The number of nitrogens with two attached hydrogens (primary N) is 1. The van der Waals surface area contributed by atoms with Gasteiger partial charge in [0.1, 0.15) is 11.4 Å². The summed E-state index contributed by atoms with van der Waals surface area (Å²) < 4.78 is 40.0. The Morgan fingerprint density at radius 2 is 2.09 bits per heavy atom. The number of thiocarbonyl (C=S) groups is 1. The van der Waals surface area contributed by atoms with E-state index in [0.717, 1.165) is 25.7 Å². The average Bonchev–Trinajstić information content (AvgIpc) is 2.44. The molecule has 0 unspecified atom stereocenters. The molecular formula is C15H18F3N3S. The number of anilines is 1. The first-order valence-electron chi connectivity index (χ1n) is 7.17. The maximum Gasteiger partial charge on any atom is 0.420 e. The van der Waals surface area contributed by atoms with Gasteiger partial charge in [-0.3, -0.25) is 0 Å². The van der Waals surface area contributed by atoms with Crippen molar-refractivity contribution in [3.63, 3.8) is 0 Å². The molecule has 2 rings (SSSR count). The average molecular weight is 329 g/mol. The van der Waals surface area contributed by atoms with E-state index in [1.54, 1.807) is 0 Å². The molecule has 1 aromatic heterocycles. The van der Waals surface area contributed by atoms with Gasteiger partial charge in [0.25, 0.3) is 0 Å². The second kappa shape index (κ2) is 7.09. The van der Waals surface area contributed by atoms with Crippen LogP contribution in [0.1, 0.15) is 43.2 Å². The predicted molar refractivity (Wildman–Crippen MR) is 84.5 cm³/mol. The summed E-state index contributed by atoms with van der Waals surface area (Å²) in [6.45, 7) is 0. The molecule has 0 amide bonds. The van der Waals surface area contributed by atoms with E-state index < -0.39 is 11.7 Å². The molecule has 22 heavy (non-hydrogen) atoms. The van der Waals surface area contributed by atoms with Crippen molar-refractivity contribution in [2.45, 2.75) is 44.7 Å². The summed E-state index contributed by atoms with van der Waals surface area (Å²) in [7, 11) is 0. The highest BCUT2D eigenvalue weighted by atomic mass is 32.1. The number of nitrogens with one attached hydrogen (secondary N) is 1. The van der Waals surface area contributed by atoms with Gasteiger partial charge in [0, 0.05) is 6.20 Å². The van der Waals surface area contributed by atoms with Crippen molar-refractivity contribution in [3.05, 3.63) is 35.0 Å². The molecular weight excluding hydrogens is 311 g/mol. The lowest BCUT2D eigenvalue weighted by molar-refractivity contribution is -0.137. The number of alkyl halides is 3. The topological polar surface area (TPSA) is 50.9 Å². The van der Waals surface area contributed by atoms with Crippen LogP contribution in [0, 0.1) is 0 Å². The first-order chi connectivity index (χ1) is 10.4. The fourth-order valence-corrected chi connectivity index (χ4v) is 2.76. The van der Waals surface area contributed by atoms with Gasteiger partial charge in [-0.25, -0.2) is 4.98 Å². The number of aromatic nitrogens is 1. The summed E-state index contributed by atoms with van der Waals surface area (Å²) in [5.74, 6) is -0.324. The van der Waals surface area contributed by atoms with Gasteiger partial charge >= 0.3 is 6.18 Å². The van der Waals surface area contributed by atoms with Crippen LogP contribution >= 0.6 is 12.2 Å². The Hall–Kier alpha value is -1.63. The van der Waals surface area contributed by atoms with Gasteiger partial charge in [0.05, 0.1) is 0 Å². The van der Waals surface area contributed by atoms with Crippen LogP contribution in [-0.2, 0) is 12.6 Å². The van der Waals surface area contributed by atoms with Gasteiger partial charge in [0.15, 0.2) is 5.11 Å². The fraction of sp³-hybridized carbons (Fsp3) is 0.467. The first-order valence-corrected chi connectivity index (χ1v) is 7.58. The molecule has 0 aliphatic heterocycles. The van der Waals surface area contributed by atoms with Crippen molar-refractivity contribution >= 4 is 23.1 Å². The highest BCUT2D eigenvalue weighted by Crippen LogP contribution is 2.37. The second-order valence-corrected chi connectivity index (χ2v) is 5.73. The van der Waals surface area contributed by atoms with E-state index in [2.05, 4.69) is 28.6 Å². The van der Waals surface area contributed by atoms with E-state index in [1.165, 1.54) is 17.8 Å². The Balaban J connectivity index is 2.25. The van der Waals surface area contributed by atoms with Gasteiger partial charge in [-0.05, 0) is 62.4 Å². The molecule has 3 nitrogen and oxygen atoms in total. The minimum atomic E-state index is -4.50. The summed E-state index contributed by atoms with van der Waals surface area (Å²) in [4.78, 5) is 3.73. The first kappa shape index (κ1) is 16.7. The summed E-state index contributed by atoms with van der Waals surface area (Å²) in [6.07, 6.45) is 4.23. The molecule has 0 atom stereocenters. The monoisotopic (exact) mass is 329 g/mol. The molecule has 0 saturated carbocycles. The Bertz CT molecular complexity index is 582. The van der Waals surface area contributed by atoms with Gasteiger partial charge in [0.2, 0.25) is 0 Å². The van der Waals surface area contributed by atoms with Crippen molar-refractivity contribution in [3.8, 4) is 0 Å². The second-order valence-electron chi connectivity index (χ2n) is 5.29. The lowest BCUT2D eigenvalue weighted by atomic mass is 9.93. The van der Waals surface area contributed by atoms with Crippen LogP contribution in [0.3, 0.4) is 0 Å². The SMILES string of the molecule is NC(=S)Nc1nccc(CCC2=CCCCC2)c1C(F)(F)F. The summed E-state index contributed by atoms with van der Waals surface area (Å²) in [5.41, 5.74) is 5.95. The lowest BCUT2D eigenvalue weighted by Crippen LogP contribution is -2.23. The van der Waals surface area contributed by atoms with Crippen LogP contribution < -0.4 is 11.1 Å². The molecule has 1 heterocycles. The van der Waals surface area contributed by atoms with Crippen molar-refractivity contribution in [1.29, 1.82) is 0 Å². The molecule has 0 saturated heterocycles. The Kier molecular flexibility index (Phi) is 5.39. The van der Waals surface area contributed by atoms with Gasteiger partial charge in [-0.1, -0.05) is 11.6 Å². The van der Waals surface area contributed by atoms with Crippen molar-refractivity contribution in [2.24, 2.45) is 5.73 Å². The van der Waals surface area contributed by atoms with E-state index in [-0.39, 0.29) is 16.5 Å². The van der Waals surface area contributed by atoms with Gasteiger partial charge < -0.3 is 11.1 Å². The maximum absolute atomic E-state index is 13.3. The molecule has 1 aromatic rings. The van der Waals surface area contributed by atoms with Crippen LogP contribution in [-0.4, -0.2) is 10.1 Å². The molecule has 0 bridgehead atoms. The number of aryl methyl sites for hydroxylation is 1. The normalized spacial score (nSPS) is 15.3. The van der Waals surface area contributed by atoms with Crippen LogP contribution in [0.4, 0.5) is 19.0 Å². The number of halogens is 3. The maximum atomic E-state index is 13.3. The zero-order valence-corrected chi connectivity index (χ0v) is 12.9. The molecule has 1 aliphatic carbocycles. The Labute approximate surface area is 132 Å². The van der Waals surface area contributed by atoms with Crippen LogP contribution in [0.25, 0.3) is 0 Å². The largest absolute Gasteiger partial charge is 0.420 e. The number of rotatable bonds is 4. The predicted octanol–water partition coefficient (Wildman–Crippen LogP) is 4.19. The summed E-state index contributed by atoms with van der Waals surface area (Å²) >= 11 is 4.62. The van der Waals surface area contributed by atoms with E-state index in [1.807, 2.05) is 0 Å². The van der Waals surface area contributed by atoms with Crippen molar-refractivity contribution in [1.82, 2.24) is 4.98 Å². The van der Waals surface area contributed by atoms with Crippen LogP contribution in [0.2, 0.25) is 0 Å².